The Bertz CT molecular complexity index is 464. The molecule has 2 aliphatic rings. The standard InChI is InChI=1S/C18H28N2/c1-14-12-17(20-10-8-18(2,3)9-11-20)7-4-15(14)13-19-16-5-6-16/h4,7,12,16,19H,5-6,8-11,13H2,1-3H3. The van der Waals surface area contributed by atoms with Crippen LogP contribution in [0.1, 0.15) is 50.7 Å². The van der Waals surface area contributed by atoms with Crippen molar-refractivity contribution in [2.24, 2.45) is 5.41 Å². The van der Waals surface area contributed by atoms with Gasteiger partial charge in [-0.15, -0.1) is 0 Å². The Morgan fingerprint density at radius 3 is 2.50 bits per heavy atom. The maximum Gasteiger partial charge on any atom is 0.0369 e. The van der Waals surface area contributed by atoms with E-state index >= 15 is 0 Å². The van der Waals surface area contributed by atoms with Crippen LogP contribution in [0, 0.1) is 12.3 Å². The molecule has 1 aliphatic heterocycles. The molecule has 1 aliphatic carbocycles. The second-order valence-corrected chi connectivity index (χ2v) is 7.42. The first-order valence-corrected chi connectivity index (χ1v) is 8.11. The van der Waals surface area contributed by atoms with Gasteiger partial charge in [-0.3, -0.25) is 0 Å². The molecule has 110 valence electrons. The van der Waals surface area contributed by atoms with Crippen molar-refractivity contribution < 1.29 is 0 Å². The lowest BCUT2D eigenvalue weighted by molar-refractivity contribution is 0.280. The fourth-order valence-corrected chi connectivity index (χ4v) is 2.99. The van der Waals surface area contributed by atoms with Crippen molar-refractivity contribution in [1.29, 1.82) is 0 Å². The second-order valence-electron chi connectivity index (χ2n) is 7.42. The summed E-state index contributed by atoms with van der Waals surface area (Å²) in [6, 6.07) is 7.80. The molecule has 0 spiro atoms. The zero-order valence-corrected chi connectivity index (χ0v) is 13.2. The van der Waals surface area contributed by atoms with Gasteiger partial charge < -0.3 is 10.2 Å². The number of piperidine rings is 1. The van der Waals surface area contributed by atoms with Crippen LogP contribution in [0.15, 0.2) is 18.2 Å². The Morgan fingerprint density at radius 2 is 1.90 bits per heavy atom. The summed E-state index contributed by atoms with van der Waals surface area (Å²) in [5.74, 6) is 0. The maximum atomic E-state index is 3.61. The third-order valence-corrected chi connectivity index (χ3v) is 4.97. The van der Waals surface area contributed by atoms with Crippen LogP contribution in [0.2, 0.25) is 0 Å². The van der Waals surface area contributed by atoms with Crippen molar-refractivity contribution in [2.75, 3.05) is 18.0 Å². The van der Waals surface area contributed by atoms with E-state index < -0.39 is 0 Å². The topological polar surface area (TPSA) is 15.3 Å². The Morgan fingerprint density at radius 1 is 1.20 bits per heavy atom. The molecule has 0 aromatic heterocycles. The van der Waals surface area contributed by atoms with E-state index in [9.17, 15) is 0 Å². The summed E-state index contributed by atoms with van der Waals surface area (Å²) in [4.78, 5) is 2.55. The lowest BCUT2D eigenvalue weighted by atomic mass is 9.82. The molecular formula is C18H28N2. The first-order valence-electron chi connectivity index (χ1n) is 8.11. The number of hydrogen-bond acceptors (Lipinski definition) is 2. The Balaban J connectivity index is 1.63. The smallest absolute Gasteiger partial charge is 0.0369 e. The van der Waals surface area contributed by atoms with Gasteiger partial charge in [0.25, 0.3) is 0 Å². The third-order valence-electron chi connectivity index (χ3n) is 4.97. The van der Waals surface area contributed by atoms with Gasteiger partial charge in [-0.25, -0.2) is 0 Å². The van der Waals surface area contributed by atoms with Crippen LogP contribution < -0.4 is 10.2 Å². The monoisotopic (exact) mass is 272 g/mol. The largest absolute Gasteiger partial charge is 0.371 e. The van der Waals surface area contributed by atoms with Crippen molar-refractivity contribution in [3.05, 3.63) is 29.3 Å². The average molecular weight is 272 g/mol. The number of nitrogens with zero attached hydrogens (tertiary/aromatic N) is 1. The average Bonchev–Trinajstić information content (AvgIpc) is 3.21. The van der Waals surface area contributed by atoms with Crippen molar-refractivity contribution in [3.63, 3.8) is 0 Å². The predicted molar refractivity (Wildman–Crippen MR) is 86.3 cm³/mol. The summed E-state index contributed by atoms with van der Waals surface area (Å²) in [6.07, 6.45) is 5.33. The van der Waals surface area contributed by atoms with Gasteiger partial charge >= 0.3 is 0 Å². The summed E-state index contributed by atoms with van der Waals surface area (Å²) < 4.78 is 0. The second kappa shape index (κ2) is 5.40. The first-order chi connectivity index (χ1) is 9.53. The molecule has 0 atom stereocenters. The summed E-state index contributed by atoms with van der Waals surface area (Å²) >= 11 is 0. The summed E-state index contributed by atoms with van der Waals surface area (Å²) in [7, 11) is 0. The fraction of sp³-hybridized carbons (Fsp3) is 0.667. The van der Waals surface area contributed by atoms with Gasteiger partial charge in [-0.05, 0) is 61.3 Å². The highest BCUT2D eigenvalue weighted by molar-refractivity contribution is 5.51. The molecule has 2 heteroatoms. The van der Waals surface area contributed by atoms with Gasteiger partial charge in [0.1, 0.15) is 0 Å². The van der Waals surface area contributed by atoms with Crippen molar-refractivity contribution in [3.8, 4) is 0 Å². The minimum absolute atomic E-state index is 0.527. The van der Waals surface area contributed by atoms with E-state index in [4.69, 9.17) is 0 Å². The molecule has 1 N–H and O–H groups in total. The third kappa shape index (κ3) is 3.35. The van der Waals surface area contributed by atoms with Gasteiger partial charge in [0.05, 0.1) is 0 Å². The fourth-order valence-electron chi connectivity index (χ4n) is 2.99. The van der Waals surface area contributed by atoms with E-state index in [0.29, 0.717) is 5.41 Å². The van der Waals surface area contributed by atoms with Crippen molar-refractivity contribution in [1.82, 2.24) is 5.32 Å². The molecule has 0 amide bonds. The van der Waals surface area contributed by atoms with E-state index in [1.165, 1.54) is 55.6 Å². The number of nitrogens with one attached hydrogen (secondary N) is 1. The molecule has 0 unspecified atom stereocenters. The van der Waals surface area contributed by atoms with Gasteiger partial charge in [0.2, 0.25) is 0 Å². The zero-order valence-electron chi connectivity index (χ0n) is 13.2. The van der Waals surface area contributed by atoms with E-state index in [0.717, 1.165) is 12.6 Å². The normalized spacial score (nSPS) is 22.1. The van der Waals surface area contributed by atoms with Gasteiger partial charge in [0, 0.05) is 31.4 Å². The number of aryl methyl sites for hydroxylation is 1. The molecule has 1 aromatic carbocycles. The van der Waals surface area contributed by atoms with Crippen LogP contribution in [0.3, 0.4) is 0 Å². The van der Waals surface area contributed by atoms with Gasteiger partial charge in [-0.1, -0.05) is 19.9 Å². The molecule has 2 nitrogen and oxygen atoms in total. The number of hydrogen-bond donors (Lipinski definition) is 1. The summed E-state index contributed by atoms with van der Waals surface area (Å²) in [6.45, 7) is 10.5. The van der Waals surface area contributed by atoms with Crippen LogP contribution in [0.5, 0.6) is 0 Å². The predicted octanol–water partition coefficient (Wildman–Crippen LogP) is 3.87. The SMILES string of the molecule is Cc1cc(N2CCC(C)(C)CC2)ccc1CNC1CC1. The Hall–Kier alpha value is -1.02. The molecule has 2 fully saturated rings. The van der Waals surface area contributed by atoms with E-state index in [1.54, 1.807) is 0 Å². The first kappa shape index (κ1) is 13.9. The number of benzene rings is 1. The molecule has 1 saturated heterocycles. The highest BCUT2D eigenvalue weighted by atomic mass is 15.1. The zero-order chi connectivity index (χ0) is 14.2. The van der Waals surface area contributed by atoms with Gasteiger partial charge in [0.15, 0.2) is 0 Å². The minimum Gasteiger partial charge on any atom is -0.371 e. The molecular weight excluding hydrogens is 244 g/mol. The summed E-state index contributed by atoms with van der Waals surface area (Å²) in [5, 5.41) is 3.61. The molecule has 1 saturated carbocycles. The Kier molecular flexibility index (Phi) is 3.76. The molecule has 1 heterocycles. The quantitative estimate of drug-likeness (QED) is 0.895. The minimum atomic E-state index is 0.527. The summed E-state index contributed by atoms with van der Waals surface area (Å²) in [5.41, 5.74) is 4.83. The van der Waals surface area contributed by atoms with Crippen LogP contribution in [-0.2, 0) is 6.54 Å². The van der Waals surface area contributed by atoms with Crippen LogP contribution in [-0.4, -0.2) is 19.1 Å². The molecule has 1 aromatic rings. The van der Waals surface area contributed by atoms with Crippen LogP contribution >= 0.6 is 0 Å². The molecule has 20 heavy (non-hydrogen) atoms. The molecule has 0 bridgehead atoms. The lowest BCUT2D eigenvalue weighted by Gasteiger charge is -2.38. The van der Waals surface area contributed by atoms with Crippen molar-refractivity contribution in [2.45, 2.75) is 59.0 Å². The molecule has 0 radical (unpaired) electrons. The number of anilines is 1. The maximum absolute atomic E-state index is 3.61. The van der Waals surface area contributed by atoms with Gasteiger partial charge in [-0.2, -0.15) is 0 Å². The Labute approximate surface area is 123 Å². The van der Waals surface area contributed by atoms with E-state index in [-0.39, 0.29) is 0 Å². The lowest BCUT2D eigenvalue weighted by Crippen LogP contribution is -2.37. The van der Waals surface area contributed by atoms with Crippen molar-refractivity contribution >= 4 is 5.69 Å². The highest BCUT2D eigenvalue weighted by Crippen LogP contribution is 2.32. The highest BCUT2D eigenvalue weighted by Gasteiger charge is 2.25. The number of rotatable bonds is 4. The van der Waals surface area contributed by atoms with Crippen LogP contribution in [0.4, 0.5) is 5.69 Å². The molecule has 3 rings (SSSR count). The van der Waals surface area contributed by atoms with Crippen LogP contribution in [0.25, 0.3) is 0 Å². The van der Waals surface area contributed by atoms with E-state index in [2.05, 4.69) is 49.2 Å². The van der Waals surface area contributed by atoms with E-state index in [1.807, 2.05) is 0 Å².